The van der Waals surface area contributed by atoms with E-state index < -0.39 is 0 Å². The zero-order chi connectivity index (χ0) is 10.4. The lowest BCUT2D eigenvalue weighted by molar-refractivity contribution is -0.119. The molecule has 1 unspecified atom stereocenters. The molecule has 0 saturated heterocycles. The van der Waals surface area contributed by atoms with Crippen molar-refractivity contribution in [3.63, 3.8) is 0 Å². The van der Waals surface area contributed by atoms with Crippen LogP contribution in [0.1, 0.15) is 6.92 Å². The molecule has 1 heterocycles. The summed E-state index contributed by atoms with van der Waals surface area (Å²) in [6.45, 7) is 2.75. The zero-order valence-corrected chi connectivity index (χ0v) is 9.25. The van der Waals surface area contributed by atoms with Gasteiger partial charge in [-0.3, -0.25) is 4.79 Å². The van der Waals surface area contributed by atoms with Gasteiger partial charge in [0.15, 0.2) is 0 Å². The van der Waals surface area contributed by atoms with Gasteiger partial charge in [-0.2, -0.15) is 11.8 Å². The third-order valence-electron chi connectivity index (χ3n) is 1.73. The van der Waals surface area contributed by atoms with E-state index in [2.05, 4.69) is 10.3 Å². The number of hydrogen-bond acceptors (Lipinski definition) is 3. The average Bonchev–Trinajstić information content (AvgIpc) is 2.56. The van der Waals surface area contributed by atoms with Gasteiger partial charge in [0.25, 0.3) is 0 Å². The molecule has 5 heteroatoms. The molecular formula is C9H15N3OS. The van der Waals surface area contributed by atoms with Gasteiger partial charge in [0.05, 0.1) is 12.1 Å². The molecule has 78 valence electrons. The Labute approximate surface area is 88.1 Å². The van der Waals surface area contributed by atoms with E-state index in [1.165, 1.54) is 11.8 Å². The van der Waals surface area contributed by atoms with E-state index in [-0.39, 0.29) is 11.9 Å². The van der Waals surface area contributed by atoms with Gasteiger partial charge >= 0.3 is 0 Å². The van der Waals surface area contributed by atoms with Gasteiger partial charge in [0.2, 0.25) is 5.91 Å². The van der Waals surface area contributed by atoms with Crippen LogP contribution in [0, 0.1) is 0 Å². The highest BCUT2D eigenvalue weighted by Gasteiger charge is 2.06. The predicted molar refractivity (Wildman–Crippen MR) is 58.2 cm³/mol. The minimum absolute atomic E-state index is 0.0881. The van der Waals surface area contributed by atoms with Crippen LogP contribution in [-0.4, -0.2) is 33.5 Å². The van der Waals surface area contributed by atoms with Crippen LogP contribution in [0.15, 0.2) is 18.7 Å². The zero-order valence-electron chi connectivity index (χ0n) is 8.43. The van der Waals surface area contributed by atoms with Gasteiger partial charge in [-0.05, 0) is 13.2 Å². The third-order valence-corrected chi connectivity index (χ3v) is 2.28. The molecule has 0 aliphatic rings. The number of nitrogens with one attached hydrogen (secondary N) is 1. The second kappa shape index (κ2) is 5.70. The Balaban J connectivity index is 2.29. The van der Waals surface area contributed by atoms with Gasteiger partial charge < -0.3 is 9.88 Å². The molecule has 0 aliphatic heterocycles. The second-order valence-electron chi connectivity index (χ2n) is 3.16. The summed E-state index contributed by atoms with van der Waals surface area (Å²) in [5.74, 6) is 0.610. The van der Waals surface area contributed by atoms with Gasteiger partial charge in [0, 0.05) is 25.0 Å². The first-order valence-corrected chi connectivity index (χ1v) is 5.86. The lowest BCUT2D eigenvalue weighted by atomic mass is 10.3. The van der Waals surface area contributed by atoms with Crippen molar-refractivity contribution in [3.8, 4) is 0 Å². The van der Waals surface area contributed by atoms with Crippen molar-refractivity contribution >= 4 is 17.7 Å². The van der Waals surface area contributed by atoms with Crippen molar-refractivity contribution in [2.75, 3.05) is 12.0 Å². The standard InChI is InChI=1S/C9H15N3OS/c1-8(11-9(13)6-14-2)5-12-4-3-10-7-12/h3-4,7-8H,5-6H2,1-2H3,(H,11,13). The van der Waals surface area contributed by atoms with Crippen molar-refractivity contribution in [2.24, 2.45) is 0 Å². The Morgan fingerprint density at radius 2 is 2.50 bits per heavy atom. The number of amides is 1. The molecule has 1 amide bonds. The minimum atomic E-state index is 0.0881. The Morgan fingerprint density at radius 1 is 1.71 bits per heavy atom. The number of thioether (sulfide) groups is 1. The van der Waals surface area contributed by atoms with E-state index >= 15 is 0 Å². The molecule has 1 rings (SSSR count). The number of aromatic nitrogens is 2. The maximum atomic E-state index is 11.2. The number of rotatable bonds is 5. The van der Waals surface area contributed by atoms with Gasteiger partial charge in [-0.25, -0.2) is 4.98 Å². The monoisotopic (exact) mass is 213 g/mol. The van der Waals surface area contributed by atoms with E-state index in [4.69, 9.17) is 0 Å². The highest BCUT2D eigenvalue weighted by Crippen LogP contribution is 1.94. The van der Waals surface area contributed by atoms with E-state index in [0.717, 1.165) is 6.54 Å². The van der Waals surface area contributed by atoms with Crippen molar-refractivity contribution in [1.29, 1.82) is 0 Å². The van der Waals surface area contributed by atoms with Crippen LogP contribution in [0.3, 0.4) is 0 Å². The maximum absolute atomic E-state index is 11.2. The third kappa shape index (κ3) is 3.83. The number of carbonyl (C=O) groups is 1. The van der Waals surface area contributed by atoms with Crippen molar-refractivity contribution < 1.29 is 4.79 Å². The number of nitrogens with zero attached hydrogens (tertiary/aromatic N) is 2. The molecule has 0 radical (unpaired) electrons. The first-order chi connectivity index (χ1) is 6.72. The van der Waals surface area contributed by atoms with E-state index in [9.17, 15) is 4.79 Å². The van der Waals surface area contributed by atoms with Crippen LogP contribution in [0.4, 0.5) is 0 Å². The van der Waals surface area contributed by atoms with Crippen LogP contribution >= 0.6 is 11.8 Å². The summed E-state index contributed by atoms with van der Waals surface area (Å²) >= 11 is 1.53. The fourth-order valence-electron chi connectivity index (χ4n) is 1.20. The maximum Gasteiger partial charge on any atom is 0.230 e. The Hall–Kier alpha value is -0.970. The van der Waals surface area contributed by atoms with E-state index in [1.54, 1.807) is 12.5 Å². The predicted octanol–water partition coefficient (Wildman–Crippen LogP) is 0.751. The molecule has 1 aromatic heterocycles. The molecule has 0 aromatic carbocycles. The quantitative estimate of drug-likeness (QED) is 0.785. The fourth-order valence-corrected chi connectivity index (χ4v) is 1.55. The highest BCUT2D eigenvalue weighted by atomic mass is 32.2. The highest BCUT2D eigenvalue weighted by molar-refractivity contribution is 7.99. The first kappa shape index (κ1) is 11.1. The number of imidazole rings is 1. The number of hydrogen-bond donors (Lipinski definition) is 1. The van der Waals surface area contributed by atoms with Crippen molar-refractivity contribution in [2.45, 2.75) is 19.5 Å². The molecule has 4 nitrogen and oxygen atoms in total. The van der Waals surface area contributed by atoms with Gasteiger partial charge in [-0.15, -0.1) is 0 Å². The lowest BCUT2D eigenvalue weighted by Gasteiger charge is -2.13. The van der Waals surface area contributed by atoms with Crippen LogP contribution in [0.2, 0.25) is 0 Å². The summed E-state index contributed by atoms with van der Waals surface area (Å²) in [7, 11) is 0. The van der Waals surface area contributed by atoms with E-state index in [0.29, 0.717) is 5.75 Å². The van der Waals surface area contributed by atoms with Gasteiger partial charge in [0.1, 0.15) is 0 Å². The summed E-state index contributed by atoms with van der Waals surface area (Å²) in [6, 6.07) is 0.142. The molecule has 1 atom stereocenters. The molecule has 0 bridgehead atoms. The molecular weight excluding hydrogens is 198 g/mol. The molecule has 1 N–H and O–H groups in total. The topological polar surface area (TPSA) is 46.9 Å². The van der Waals surface area contributed by atoms with Crippen LogP contribution < -0.4 is 5.32 Å². The summed E-state index contributed by atoms with van der Waals surface area (Å²) in [6.07, 6.45) is 7.28. The summed E-state index contributed by atoms with van der Waals surface area (Å²) in [5.41, 5.74) is 0. The van der Waals surface area contributed by atoms with Crippen LogP contribution in [-0.2, 0) is 11.3 Å². The molecule has 0 fully saturated rings. The smallest absolute Gasteiger partial charge is 0.230 e. The molecule has 14 heavy (non-hydrogen) atoms. The Kier molecular flexibility index (Phi) is 4.52. The largest absolute Gasteiger partial charge is 0.351 e. The van der Waals surface area contributed by atoms with Gasteiger partial charge in [-0.1, -0.05) is 0 Å². The molecule has 0 spiro atoms. The lowest BCUT2D eigenvalue weighted by Crippen LogP contribution is -2.36. The fraction of sp³-hybridized carbons (Fsp3) is 0.556. The van der Waals surface area contributed by atoms with E-state index in [1.807, 2.05) is 23.9 Å². The van der Waals surface area contributed by atoms with Crippen LogP contribution in [0.5, 0.6) is 0 Å². The molecule has 0 aliphatic carbocycles. The molecule has 1 aromatic rings. The average molecular weight is 213 g/mol. The Morgan fingerprint density at radius 3 is 3.07 bits per heavy atom. The summed E-state index contributed by atoms with van der Waals surface area (Å²) in [4.78, 5) is 15.2. The normalized spacial score (nSPS) is 12.4. The van der Waals surface area contributed by atoms with Crippen molar-refractivity contribution in [3.05, 3.63) is 18.7 Å². The molecule has 0 saturated carbocycles. The van der Waals surface area contributed by atoms with Crippen LogP contribution in [0.25, 0.3) is 0 Å². The summed E-state index contributed by atoms with van der Waals surface area (Å²) < 4.78 is 1.95. The van der Waals surface area contributed by atoms with Crippen molar-refractivity contribution in [1.82, 2.24) is 14.9 Å². The first-order valence-electron chi connectivity index (χ1n) is 4.46. The second-order valence-corrected chi connectivity index (χ2v) is 4.03. The number of carbonyl (C=O) groups excluding carboxylic acids is 1. The Bertz CT molecular complexity index is 274. The minimum Gasteiger partial charge on any atom is -0.351 e. The SMILES string of the molecule is CSCC(=O)NC(C)Cn1ccnc1. The summed E-state index contributed by atoms with van der Waals surface area (Å²) in [5, 5.41) is 2.91.